The second kappa shape index (κ2) is 9.43. The molecule has 0 aliphatic carbocycles. The molecule has 0 saturated carbocycles. The molecule has 0 aliphatic heterocycles. The normalized spacial score (nSPS) is 11.6. The highest BCUT2D eigenvalue weighted by atomic mass is 32.2. The summed E-state index contributed by atoms with van der Waals surface area (Å²) in [5.74, 6) is -0.815. The number of imidazole rings is 1. The highest BCUT2D eigenvalue weighted by Gasteiger charge is 2.26. The zero-order valence-corrected chi connectivity index (χ0v) is 18.6. The molecule has 0 aliphatic rings. The van der Waals surface area contributed by atoms with E-state index in [1.54, 1.807) is 9.47 Å². The van der Waals surface area contributed by atoms with Crippen molar-refractivity contribution in [3.8, 4) is 0 Å². The summed E-state index contributed by atoms with van der Waals surface area (Å²) < 4.78 is 41.3. The number of amides is 1. The molecule has 1 amide bonds. The summed E-state index contributed by atoms with van der Waals surface area (Å²) in [5, 5.41) is -0.0667. The minimum atomic E-state index is -3.81. The van der Waals surface area contributed by atoms with Gasteiger partial charge in [0, 0.05) is 13.0 Å². The number of sulfone groups is 1. The number of aromatic nitrogens is 2. The molecule has 8 heteroatoms. The molecule has 31 heavy (non-hydrogen) atoms. The summed E-state index contributed by atoms with van der Waals surface area (Å²) in [6.07, 6.45) is 1.51. The van der Waals surface area contributed by atoms with E-state index in [1.165, 1.54) is 37.4 Å². The van der Waals surface area contributed by atoms with Crippen LogP contribution in [-0.2, 0) is 33.5 Å². The van der Waals surface area contributed by atoms with E-state index in [9.17, 15) is 17.6 Å². The van der Waals surface area contributed by atoms with Crippen molar-refractivity contribution in [2.24, 2.45) is 0 Å². The van der Waals surface area contributed by atoms with Crippen LogP contribution in [0, 0.1) is 5.82 Å². The van der Waals surface area contributed by atoms with Crippen molar-refractivity contribution in [2.75, 3.05) is 0 Å². The predicted octanol–water partition coefficient (Wildman–Crippen LogP) is 3.80. The Labute approximate surface area is 182 Å². The maximum atomic E-state index is 13.2. The van der Waals surface area contributed by atoms with Crippen molar-refractivity contribution >= 4 is 15.7 Å². The van der Waals surface area contributed by atoms with E-state index in [0.29, 0.717) is 17.8 Å². The lowest BCUT2D eigenvalue weighted by Gasteiger charge is -2.26. The maximum absolute atomic E-state index is 13.2. The van der Waals surface area contributed by atoms with Crippen molar-refractivity contribution < 1.29 is 17.6 Å². The molecule has 0 N–H and O–H groups in total. The first-order chi connectivity index (χ1) is 14.7. The average Bonchev–Trinajstić information content (AvgIpc) is 3.11. The number of rotatable bonds is 8. The average molecular weight is 444 g/mol. The third-order valence-corrected chi connectivity index (χ3v) is 6.59. The Hall–Kier alpha value is -3.00. The lowest BCUT2D eigenvalue weighted by molar-refractivity contribution is -0.131. The molecule has 0 fully saturated rings. The number of carbonyl (C=O) groups is 1. The van der Waals surface area contributed by atoms with Gasteiger partial charge in [-0.25, -0.2) is 17.8 Å². The van der Waals surface area contributed by atoms with Gasteiger partial charge < -0.3 is 9.47 Å². The fourth-order valence-electron chi connectivity index (χ4n) is 3.40. The lowest BCUT2D eigenvalue weighted by Crippen LogP contribution is -2.35. The summed E-state index contributed by atoms with van der Waals surface area (Å²) in [6.45, 7) is 5.86. The van der Waals surface area contributed by atoms with Crippen LogP contribution in [0.15, 0.2) is 66.0 Å². The molecule has 1 heterocycles. The summed E-state index contributed by atoms with van der Waals surface area (Å²) >= 11 is 0. The van der Waals surface area contributed by atoms with Gasteiger partial charge in [0.25, 0.3) is 0 Å². The summed E-state index contributed by atoms with van der Waals surface area (Å²) in [6, 6.07) is 14.8. The maximum Gasteiger partial charge on any atom is 0.228 e. The standard InChI is InChI=1S/C23H26FN3O3S/c1-17(2)26(18(3)28)15-22-13-25-23(27(22)14-19-7-5-4-6-8-19)31(29,30)16-20-9-11-21(24)12-10-20/h4-13,17H,14-16H2,1-3H3. The van der Waals surface area contributed by atoms with Gasteiger partial charge in [-0.1, -0.05) is 42.5 Å². The summed E-state index contributed by atoms with van der Waals surface area (Å²) in [5.41, 5.74) is 2.02. The van der Waals surface area contributed by atoms with Gasteiger partial charge in [0.05, 0.1) is 30.7 Å². The Morgan fingerprint density at radius 2 is 1.71 bits per heavy atom. The molecule has 2 aromatic carbocycles. The Bertz CT molecular complexity index is 1140. The van der Waals surface area contributed by atoms with Crippen molar-refractivity contribution in [2.45, 2.75) is 50.8 Å². The molecule has 0 unspecified atom stereocenters. The largest absolute Gasteiger partial charge is 0.335 e. The van der Waals surface area contributed by atoms with Gasteiger partial charge in [0.15, 0.2) is 0 Å². The Morgan fingerprint density at radius 1 is 1.06 bits per heavy atom. The number of benzene rings is 2. The number of carbonyl (C=O) groups excluding carboxylic acids is 1. The van der Waals surface area contributed by atoms with E-state index >= 15 is 0 Å². The fourth-order valence-corrected chi connectivity index (χ4v) is 4.89. The van der Waals surface area contributed by atoms with Gasteiger partial charge in [-0.3, -0.25) is 4.79 Å². The van der Waals surface area contributed by atoms with Crippen molar-refractivity contribution in [1.29, 1.82) is 0 Å². The highest BCUT2D eigenvalue weighted by molar-refractivity contribution is 7.90. The molecular weight excluding hydrogens is 417 g/mol. The number of nitrogens with zero attached hydrogens (tertiary/aromatic N) is 3. The molecule has 0 saturated heterocycles. The topological polar surface area (TPSA) is 72.3 Å². The third kappa shape index (κ3) is 5.58. The van der Waals surface area contributed by atoms with E-state index in [1.807, 2.05) is 44.2 Å². The van der Waals surface area contributed by atoms with Gasteiger partial charge in [0.1, 0.15) is 5.82 Å². The van der Waals surface area contributed by atoms with Gasteiger partial charge in [-0.15, -0.1) is 0 Å². The molecule has 1 aromatic heterocycles. The quantitative estimate of drug-likeness (QED) is 0.531. The van der Waals surface area contributed by atoms with E-state index in [0.717, 1.165) is 5.56 Å². The summed E-state index contributed by atoms with van der Waals surface area (Å²) in [4.78, 5) is 18.0. The van der Waals surface area contributed by atoms with E-state index in [2.05, 4.69) is 4.98 Å². The minimum Gasteiger partial charge on any atom is -0.335 e. The van der Waals surface area contributed by atoms with Crippen LogP contribution in [0.25, 0.3) is 0 Å². The Morgan fingerprint density at radius 3 is 2.29 bits per heavy atom. The first kappa shape index (κ1) is 22.7. The molecule has 0 spiro atoms. The van der Waals surface area contributed by atoms with Crippen LogP contribution in [-0.4, -0.2) is 34.8 Å². The van der Waals surface area contributed by atoms with Crippen LogP contribution < -0.4 is 0 Å². The van der Waals surface area contributed by atoms with Crippen molar-refractivity contribution in [3.05, 3.63) is 83.4 Å². The van der Waals surface area contributed by atoms with Crippen molar-refractivity contribution in [1.82, 2.24) is 14.5 Å². The minimum absolute atomic E-state index is 0.0446. The molecule has 3 aromatic rings. The second-order valence-electron chi connectivity index (χ2n) is 7.73. The molecule has 6 nitrogen and oxygen atoms in total. The summed E-state index contributed by atoms with van der Waals surface area (Å²) in [7, 11) is -3.81. The second-order valence-corrected chi connectivity index (χ2v) is 9.61. The van der Waals surface area contributed by atoms with Crippen LogP contribution in [0.3, 0.4) is 0 Å². The van der Waals surface area contributed by atoms with E-state index in [-0.39, 0.29) is 29.4 Å². The SMILES string of the molecule is CC(=O)N(Cc1cnc(S(=O)(=O)Cc2ccc(F)cc2)n1Cc1ccccc1)C(C)C. The van der Waals surface area contributed by atoms with Crippen molar-refractivity contribution in [3.63, 3.8) is 0 Å². The van der Waals surface area contributed by atoms with Gasteiger partial charge in [0.2, 0.25) is 20.9 Å². The molecule has 3 rings (SSSR count). The predicted molar refractivity (Wildman–Crippen MR) is 116 cm³/mol. The Balaban J connectivity index is 2.01. The lowest BCUT2D eigenvalue weighted by atomic mass is 10.2. The number of hydrogen-bond donors (Lipinski definition) is 0. The van der Waals surface area contributed by atoms with Gasteiger partial charge in [-0.05, 0) is 37.1 Å². The Kier molecular flexibility index (Phi) is 6.90. The van der Waals surface area contributed by atoms with E-state index < -0.39 is 15.7 Å². The molecule has 0 atom stereocenters. The van der Waals surface area contributed by atoms with Crippen LogP contribution in [0.1, 0.15) is 37.6 Å². The third-order valence-electron chi connectivity index (χ3n) is 4.99. The molecule has 0 bridgehead atoms. The first-order valence-electron chi connectivity index (χ1n) is 10.00. The monoisotopic (exact) mass is 443 g/mol. The number of halogens is 1. The van der Waals surface area contributed by atoms with Crippen LogP contribution in [0.2, 0.25) is 0 Å². The van der Waals surface area contributed by atoms with Crippen LogP contribution >= 0.6 is 0 Å². The van der Waals surface area contributed by atoms with Gasteiger partial charge >= 0.3 is 0 Å². The number of hydrogen-bond acceptors (Lipinski definition) is 4. The van der Waals surface area contributed by atoms with E-state index in [4.69, 9.17) is 0 Å². The zero-order valence-electron chi connectivity index (χ0n) is 17.8. The molecular formula is C23H26FN3O3S. The van der Waals surface area contributed by atoms with Crippen LogP contribution in [0.4, 0.5) is 4.39 Å². The van der Waals surface area contributed by atoms with Gasteiger partial charge in [-0.2, -0.15) is 0 Å². The molecule has 0 radical (unpaired) electrons. The highest BCUT2D eigenvalue weighted by Crippen LogP contribution is 2.21. The molecule has 164 valence electrons. The van der Waals surface area contributed by atoms with Crippen LogP contribution in [0.5, 0.6) is 0 Å². The first-order valence-corrected chi connectivity index (χ1v) is 11.7. The smallest absolute Gasteiger partial charge is 0.228 e. The zero-order chi connectivity index (χ0) is 22.6. The fraction of sp³-hybridized carbons (Fsp3) is 0.304.